The van der Waals surface area contributed by atoms with Gasteiger partial charge in [0.1, 0.15) is 11.6 Å². The molecule has 3 aromatic carbocycles. The normalized spacial score (nSPS) is 16.8. The molecule has 1 heterocycles. The minimum atomic E-state index is -0.835. The predicted octanol–water partition coefficient (Wildman–Crippen LogP) is 4.54. The molecule has 0 bridgehead atoms. The summed E-state index contributed by atoms with van der Waals surface area (Å²) in [7, 11) is 0. The third-order valence-electron chi connectivity index (χ3n) is 6.42. The molecule has 1 aliphatic rings. The van der Waals surface area contributed by atoms with Gasteiger partial charge < -0.3 is 21.1 Å². The summed E-state index contributed by atoms with van der Waals surface area (Å²) in [4.78, 5) is 16.7. The molecule has 7 N–H and O–H groups in total. The quantitative estimate of drug-likeness (QED) is 0.184. The maximum absolute atomic E-state index is 13.6. The van der Waals surface area contributed by atoms with Gasteiger partial charge in [0, 0.05) is 13.1 Å². The Hall–Kier alpha value is -4.08. The van der Waals surface area contributed by atoms with E-state index in [4.69, 9.17) is 45.2 Å². The molecule has 190 valence electrons. The molecule has 1 aliphatic heterocycles. The number of hydrogen-bond acceptors (Lipinski definition) is 6. The number of halogens is 2. The van der Waals surface area contributed by atoms with E-state index < -0.39 is 11.4 Å². The number of amides is 1. The van der Waals surface area contributed by atoms with Crippen LogP contribution in [0.5, 0.6) is 5.75 Å². The summed E-state index contributed by atoms with van der Waals surface area (Å²) in [6, 6.07) is 17.5. The van der Waals surface area contributed by atoms with Gasteiger partial charge in [-0.05, 0) is 36.2 Å². The molecule has 3 aromatic rings. The highest BCUT2D eigenvalue weighted by molar-refractivity contribution is 6.40. The smallest absolute Gasteiger partial charge is 0.255 e. The van der Waals surface area contributed by atoms with Crippen LogP contribution in [0, 0.1) is 16.2 Å². The minimum Gasteiger partial charge on any atom is -0.505 e. The molecule has 37 heavy (non-hydrogen) atoms. The second-order valence-electron chi connectivity index (χ2n) is 8.61. The molecule has 0 radical (unpaired) electrons. The standard InChI is InChI=1S/C26H25Cl2N7O2/c27-19-11-17(35(14-29)15-30)12-20(28)22(19)25(37)33-26(16-5-2-1-3-6-16)9-10-34(13-26)21-8-4-7-18(23(21)36)24(31)32/h1-8,11-12,14-15,29-30,36H,9-10,13H2,(H3,31,32)(H,33,37). The third-order valence-corrected chi connectivity index (χ3v) is 7.02. The Labute approximate surface area is 223 Å². The number of nitrogens with two attached hydrogens (primary N) is 1. The van der Waals surface area contributed by atoms with Gasteiger partial charge in [-0.3, -0.25) is 25.9 Å². The van der Waals surface area contributed by atoms with E-state index in [0.717, 1.165) is 18.2 Å². The topological polar surface area (TPSA) is 153 Å². The summed E-state index contributed by atoms with van der Waals surface area (Å²) in [6.07, 6.45) is 2.39. The Morgan fingerprint density at radius 3 is 2.32 bits per heavy atom. The van der Waals surface area contributed by atoms with Gasteiger partial charge >= 0.3 is 0 Å². The molecule has 0 spiro atoms. The zero-order valence-corrected chi connectivity index (χ0v) is 21.1. The summed E-state index contributed by atoms with van der Waals surface area (Å²) in [5, 5.41) is 36.7. The average molecular weight is 538 g/mol. The van der Waals surface area contributed by atoms with E-state index in [1.807, 2.05) is 35.2 Å². The Kier molecular flexibility index (Phi) is 7.37. The van der Waals surface area contributed by atoms with Gasteiger partial charge in [0.15, 0.2) is 0 Å². The highest BCUT2D eigenvalue weighted by Crippen LogP contribution is 2.40. The number of phenols is 1. The van der Waals surface area contributed by atoms with Crippen LogP contribution in [0.4, 0.5) is 11.4 Å². The number of nitrogens with one attached hydrogen (secondary N) is 4. The largest absolute Gasteiger partial charge is 0.505 e. The van der Waals surface area contributed by atoms with Crippen molar-refractivity contribution in [2.24, 2.45) is 5.73 Å². The first-order chi connectivity index (χ1) is 17.7. The van der Waals surface area contributed by atoms with E-state index >= 15 is 0 Å². The first-order valence-corrected chi connectivity index (χ1v) is 12.0. The molecule has 1 atom stereocenters. The molecule has 11 heteroatoms. The van der Waals surface area contributed by atoms with Crippen molar-refractivity contribution in [2.75, 3.05) is 22.9 Å². The van der Waals surface area contributed by atoms with Crippen molar-refractivity contribution in [1.29, 1.82) is 16.2 Å². The number of carbonyl (C=O) groups excluding carboxylic acids is 1. The molecular formula is C26H25Cl2N7O2. The second kappa shape index (κ2) is 10.5. The van der Waals surface area contributed by atoms with Gasteiger partial charge in [-0.1, -0.05) is 59.6 Å². The van der Waals surface area contributed by atoms with Crippen molar-refractivity contribution < 1.29 is 9.90 Å². The maximum atomic E-state index is 13.6. The molecule has 0 aromatic heterocycles. The second-order valence-corrected chi connectivity index (χ2v) is 9.43. The van der Waals surface area contributed by atoms with Gasteiger partial charge in [0.05, 0.1) is 50.8 Å². The maximum Gasteiger partial charge on any atom is 0.255 e. The first kappa shape index (κ1) is 26.0. The van der Waals surface area contributed by atoms with Crippen LogP contribution in [-0.4, -0.2) is 42.6 Å². The summed E-state index contributed by atoms with van der Waals surface area (Å²) < 4.78 is 0. The Morgan fingerprint density at radius 1 is 1.08 bits per heavy atom. The van der Waals surface area contributed by atoms with Gasteiger partial charge in [0.25, 0.3) is 5.91 Å². The van der Waals surface area contributed by atoms with Gasteiger partial charge in [-0.2, -0.15) is 0 Å². The predicted molar refractivity (Wildman–Crippen MR) is 148 cm³/mol. The molecule has 0 saturated carbocycles. The van der Waals surface area contributed by atoms with E-state index in [9.17, 15) is 9.90 Å². The zero-order valence-electron chi connectivity index (χ0n) is 19.6. The Morgan fingerprint density at radius 2 is 1.73 bits per heavy atom. The Bertz CT molecular complexity index is 1350. The fourth-order valence-electron chi connectivity index (χ4n) is 4.58. The minimum absolute atomic E-state index is 0.0807. The fraction of sp³-hybridized carbons (Fsp3) is 0.154. The number of nitrogens with zero attached hydrogens (tertiary/aromatic N) is 2. The van der Waals surface area contributed by atoms with Crippen molar-refractivity contribution in [2.45, 2.75) is 12.0 Å². The van der Waals surface area contributed by atoms with Crippen LogP contribution in [-0.2, 0) is 5.54 Å². The van der Waals surface area contributed by atoms with Crippen molar-refractivity contribution in [3.8, 4) is 5.75 Å². The number of hydrogen-bond donors (Lipinski definition) is 6. The Balaban J connectivity index is 1.71. The summed E-state index contributed by atoms with van der Waals surface area (Å²) in [5.41, 5.74) is 6.87. The monoisotopic (exact) mass is 537 g/mol. The van der Waals surface area contributed by atoms with Crippen LogP contribution >= 0.6 is 23.2 Å². The van der Waals surface area contributed by atoms with E-state index in [-0.39, 0.29) is 32.8 Å². The van der Waals surface area contributed by atoms with Crippen LogP contribution in [0.15, 0.2) is 60.7 Å². The average Bonchev–Trinajstić information content (AvgIpc) is 3.29. The van der Waals surface area contributed by atoms with E-state index in [1.54, 1.807) is 18.2 Å². The molecule has 1 saturated heterocycles. The van der Waals surface area contributed by atoms with Gasteiger partial charge in [-0.25, -0.2) is 0 Å². The molecule has 0 aliphatic carbocycles. The van der Waals surface area contributed by atoms with Gasteiger partial charge in [0.2, 0.25) is 0 Å². The fourth-order valence-corrected chi connectivity index (χ4v) is 5.23. The number of amidine groups is 1. The lowest BCUT2D eigenvalue weighted by molar-refractivity contribution is 0.0905. The highest BCUT2D eigenvalue weighted by atomic mass is 35.5. The van der Waals surface area contributed by atoms with Crippen LogP contribution in [0.25, 0.3) is 0 Å². The van der Waals surface area contributed by atoms with E-state index in [0.29, 0.717) is 30.9 Å². The molecule has 4 rings (SSSR count). The molecule has 1 amide bonds. The van der Waals surface area contributed by atoms with Gasteiger partial charge in [-0.15, -0.1) is 0 Å². The number of nitrogen functional groups attached to an aromatic ring is 1. The molecule has 1 unspecified atom stereocenters. The summed E-state index contributed by atoms with van der Waals surface area (Å²) in [5.74, 6) is -0.808. The van der Waals surface area contributed by atoms with Crippen molar-refractivity contribution in [1.82, 2.24) is 5.32 Å². The zero-order chi connectivity index (χ0) is 26.7. The lowest BCUT2D eigenvalue weighted by Gasteiger charge is -2.32. The lowest BCUT2D eigenvalue weighted by atomic mass is 9.88. The van der Waals surface area contributed by atoms with E-state index in [2.05, 4.69) is 5.32 Å². The number of benzene rings is 3. The number of anilines is 2. The number of carbonyl (C=O) groups is 1. The van der Waals surface area contributed by atoms with Crippen LogP contribution in [0.2, 0.25) is 10.0 Å². The number of aromatic hydroxyl groups is 1. The number of phenolic OH excluding ortho intramolecular Hbond substituents is 1. The molecule has 1 fully saturated rings. The summed E-state index contributed by atoms with van der Waals surface area (Å²) >= 11 is 12.9. The lowest BCUT2D eigenvalue weighted by Crippen LogP contribution is -2.48. The van der Waals surface area contributed by atoms with E-state index in [1.165, 1.54) is 17.0 Å². The summed E-state index contributed by atoms with van der Waals surface area (Å²) in [6.45, 7) is 0.846. The molecular weight excluding hydrogens is 513 g/mol. The van der Waals surface area contributed by atoms with Crippen molar-refractivity contribution in [3.63, 3.8) is 0 Å². The number of para-hydroxylation sites is 1. The van der Waals surface area contributed by atoms with Crippen molar-refractivity contribution >= 4 is 59.0 Å². The third kappa shape index (κ3) is 4.96. The van der Waals surface area contributed by atoms with Crippen LogP contribution in [0.1, 0.15) is 27.9 Å². The number of rotatable bonds is 8. The van der Waals surface area contributed by atoms with Crippen LogP contribution < -0.4 is 20.9 Å². The van der Waals surface area contributed by atoms with Crippen LogP contribution in [0.3, 0.4) is 0 Å². The highest BCUT2D eigenvalue weighted by Gasteiger charge is 2.42. The van der Waals surface area contributed by atoms with Crippen molar-refractivity contribution in [3.05, 3.63) is 87.4 Å². The SMILES string of the molecule is N=CN(C=N)c1cc(Cl)c(C(=O)NC2(c3ccccc3)CCN(c3cccc(C(=N)N)c3O)C2)c(Cl)c1. The first-order valence-electron chi connectivity index (χ1n) is 11.3. The molecule has 9 nitrogen and oxygen atoms in total.